The highest BCUT2D eigenvalue weighted by Crippen LogP contribution is 2.35. The van der Waals surface area contributed by atoms with Gasteiger partial charge in [-0.15, -0.1) is 0 Å². The molecule has 1 saturated carbocycles. The van der Waals surface area contributed by atoms with Gasteiger partial charge in [-0.3, -0.25) is 0 Å². The highest BCUT2D eigenvalue weighted by atomic mass is 19.1. The summed E-state index contributed by atoms with van der Waals surface area (Å²) in [5.74, 6) is -0.552. The molecule has 1 aliphatic rings. The molecule has 3 heteroatoms. The lowest BCUT2D eigenvalue weighted by Gasteiger charge is -2.36. The lowest BCUT2D eigenvalue weighted by Crippen LogP contribution is -2.35. The van der Waals surface area contributed by atoms with Gasteiger partial charge in [0.2, 0.25) is 5.83 Å². The van der Waals surface area contributed by atoms with Crippen molar-refractivity contribution in [2.45, 2.75) is 46.1 Å². The normalized spacial score (nSPS) is 30.2. The van der Waals surface area contributed by atoms with Gasteiger partial charge in [0.25, 0.3) is 0 Å². The van der Waals surface area contributed by atoms with Gasteiger partial charge >= 0.3 is 5.97 Å². The van der Waals surface area contributed by atoms with Crippen molar-refractivity contribution in [2.24, 2.45) is 17.8 Å². The average molecular weight is 228 g/mol. The Morgan fingerprint density at radius 3 is 2.56 bits per heavy atom. The maximum absolute atomic E-state index is 12.6. The van der Waals surface area contributed by atoms with Crippen molar-refractivity contribution in [2.75, 3.05) is 0 Å². The fraction of sp³-hybridized carbons (Fsp3) is 0.769. The Bertz CT molecular complexity index is 273. The Balaban J connectivity index is 2.64. The van der Waals surface area contributed by atoms with E-state index in [4.69, 9.17) is 4.74 Å². The van der Waals surface area contributed by atoms with Crippen LogP contribution in [-0.4, -0.2) is 12.1 Å². The molecule has 0 aromatic heterocycles. The average Bonchev–Trinajstić information content (AvgIpc) is 2.16. The summed E-state index contributed by atoms with van der Waals surface area (Å²) in [7, 11) is 0. The van der Waals surface area contributed by atoms with Crippen LogP contribution >= 0.6 is 0 Å². The third-order valence-corrected chi connectivity index (χ3v) is 3.44. The minimum atomic E-state index is -0.999. The molecule has 1 rings (SSSR count). The summed E-state index contributed by atoms with van der Waals surface area (Å²) in [4.78, 5) is 11.2. The molecule has 92 valence electrons. The third kappa shape index (κ3) is 3.32. The van der Waals surface area contributed by atoms with Crippen LogP contribution in [0.3, 0.4) is 0 Å². The molecule has 0 bridgehead atoms. The number of carbonyl (C=O) groups is 1. The Morgan fingerprint density at radius 1 is 1.44 bits per heavy atom. The van der Waals surface area contributed by atoms with E-state index in [1.54, 1.807) is 0 Å². The first kappa shape index (κ1) is 13.2. The molecule has 0 amide bonds. The molecule has 0 heterocycles. The smallest absolute Gasteiger partial charge is 0.366 e. The van der Waals surface area contributed by atoms with Crippen molar-refractivity contribution in [1.82, 2.24) is 0 Å². The molecule has 0 saturated heterocycles. The van der Waals surface area contributed by atoms with Gasteiger partial charge in [-0.2, -0.15) is 4.39 Å². The summed E-state index contributed by atoms with van der Waals surface area (Å²) >= 11 is 0. The van der Waals surface area contributed by atoms with Crippen molar-refractivity contribution in [3.8, 4) is 0 Å². The van der Waals surface area contributed by atoms with Crippen LogP contribution in [0.4, 0.5) is 4.39 Å². The van der Waals surface area contributed by atoms with E-state index in [9.17, 15) is 9.18 Å². The minimum Gasteiger partial charge on any atom is -0.457 e. The van der Waals surface area contributed by atoms with E-state index in [2.05, 4.69) is 27.4 Å². The van der Waals surface area contributed by atoms with Crippen LogP contribution in [0.25, 0.3) is 0 Å². The molecular formula is C13H21FO2. The minimum absolute atomic E-state index is 0.149. The van der Waals surface area contributed by atoms with Crippen LogP contribution in [0, 0.1) is 17.8 Å². The van der Waals surface area contributed by atoms with E-state index in [1.165, 1.54) is 0 Å². The Hall–Kier alpha value is -0.860. The molecule has 0 spiro atoms. The molecule has 0 aromatic rings. The van der Waals surface area contributed by atoms with Crippen LogP contribution in [0.1, 0.15) is 40.0 Å². The first-order chi connectivity index (χ1) is 7.41. The van der Waals surface area contributed by atoms with Crippen LogP contribution in [0.15, 0.2) is 12.4 Å². The Kier molecular flexibility index (Phi) is 4.51. The summed E-state index contributed by atoms with van der Waals surface area (Å²) in [5, 5.41) is 0. The number of ether oxygens (including phenoxy) is 1. The fourth-order valence-electron chi connectivity index (χ4n) is 2.45. The van der Waals surface area contributed by atoms with Crippen LogP contribution in [0.5, 0.6) is 0 Å². The summed E-state index contributed by atoms with van der Waals surface area (Å²) in [5.41, 5.74) is 0. The molecule has 0 radical (unpaired) electrons. The van der Waals surface area contributed by atoms with Gasteiger partial charge in [-0.05, 0) is 30.6 Å². The first-order valence-electron chi connectivity index (χ1n) is 5.97. The van der Waals surface area contributed by atoms with Crippen LogP contribution in [-0.2, 0) is 9.53 Å². The predicted molar refractivity (Wildman–Crippen MR) is 61.5 cm³/mol. The predicted octanol–water partition coefficient (Wildman–Crippen LogP) is 3.47. The zero-order chi connectivity index (χ0) is 12.3. The zero-order valence-electron chi connectivity index (χ0n) is 10.3. The first-order valence-corrected chi connectivity index (χ1v) is 5.97. The topological polar surface area (TPSA) is 26.3 Å². The number of halogens is 1. The summed E-state index contributed by atoms with van der Waals surface area (Å²) in [6.07, 6.45) is 2.90. The molecule has 0 aromatic carbocycles. The molecule has 1 aliphatic carbocycles. The second-order valence-electron chi connectivity index (χ2n) is 5.17. The van der Waals surface area contributed by atoms with Crippen molar-refractivity contribution < 1.29 is 13.9 Å². The molecule has 16 heavy (non-hydrogen) atoms. The zero-order valence-corrected chi connectivity index (χ0v) is 10.3. The number of rotatable bonds is 3. The number of esters is 1. The van der Waals surface area contributed by atoms with Crippen LogP contribution < -0.4 is 0 Å². The third-order valence-electron chi connectivity index (χ3n) is 3.44. The van der Waals surface area contributed by atoms with Crippen LogP contribution in [0.2, 0.25) is 0 Å². The SMILES string of the molecule is C=C(F)C(=O)O[C@H]1C[C@@H](C)CC[C@@H]1C(C)C. The highest BCUT2D eigenvalue weighted by molar-refractivity contribution is 5.85. The standard InChI is InChI=1S/C13H21FO2/c1-8(2)11-6-5-9(3)7-12(11)16-13(15)10(4)14/h8-9,11-12H,4-7H2,1-3H3/t9-,11+,12-/m0/s1. The van der Waals surface area contributed by atoms with Crippen molar-refractivity contribution >= 4 is 5.97 Å². The second-order valence-corrected chi connectivity index (χ2v) is 5.17. The fourth-order valence-corrected chi connectivity index (χ4v) is 2.45. The maximum Gasteiger partial charge on any atom is 0.366 e. The quantitative estimate of drug-likeness (QED) is 0.546. The van der Waals surface area contributed by atoms with Gasteiger partial charge < -0.3 is 4.74 Å². The van der Waals surface area contributed by atoms with E-state index < -0.39 is 11.8 Å². The maximum atomic E-state index is 12.6. The molecule has 0 aliphatic heterocycles. The van der Waals surface area contributed by atoms with E-state index in [0.717, 1.165) is 19.3 Å². The summed E-state index contributed by atoms with van der Waals surface area (Å²) < 4.78 is 17.8. The lowest BCUT2D eigenvalue weighted by molar-refractivity contribution is -0.152. The molecule has 1 fully saturated rings. The number of hydrogen-bond acceptors (Lipinski definition) is 2. The van der Waals surface area contributed by atoms with Gasteiger partial charge in [0.1, 0.15) is 6.10 Å². The van der Waals surface area contributed by atoms with Gasteiger partial charge in [0.05, 0.1) is 0 Å². The van der Waals surface area contributed by atoms with Gasteiger partial charge in [0.15, 0.2) is 0 Å². The number of carbonyl (C=O) groups excluding carboxylic acids is 1. The van der Waals surface area contributed by atoms with E-state index in [1.807, 2.05) is 0 Å². The van der Waals surface area contributed by atoms with Gasteiger partial charge in [-0.1, -0.05) is 33.8 Å². The summed E-state index contributed by atoms with van der Waals surface area (Å²) in [6.45, 7) is 9.34. The Morgan fingerprint density at radius 2 is 2.06 bits per heavy atom. The van der Waals surface area contributed by atoms with E-state index in [-0.39, 0.29) is 6.10 Å². The number of hydrogen-bond donors (Lipinski definition) is 0. The van der Waals surface area contributed by atoms with Crippen molar-refractivity contribution in [3.63, 3.8) is 0 Å². The van der Waals surface area contributed by atoms with Crippen molar-refractivity contribution in [3.05, 3.63) is 12.4 Å². The van der Waals surface area contributed by atoms with Gasteiger partial charge in [0, 0.05) is 0 Å². The largest absolute Gasteiger partial charge is 0.457 e. The molecule has 3 atom stereocenters. The van der Waals surface area contributed by atoms with Crippen molar-refractivity contribution in [1.29, 1.82) is 0 Å². The van der Waals surface area contributed by atoms with Gasteiger partial charge in [-0.25, -0.2) is 4.79 Å². The summed E-state index contributed by atoms with van der Waals surface area (Å²) in [6, 6.07) is 0. The van der Waals surface area contributed by atoms with E-state index >= 15 is 0 Å². The molecule has 0 unspecified atom stereocenters. The van der Waals surface area contributed by atoms with E-state index in [0.29, 0.717) is 17.8 Å². The molecule has 0 N–H and O–H groups in total. The Labute approximate surface area is 96.9 Å². The molecule has 2 nitrogen and oxygen atoms in total. The second kappa shape index (κ2) is 5.46. The molecular weight excluding hydrogens is 207 g/mol. The highest BCUT2D eigenvalue weighted by Gasteiger charge is 2.33. The monoisotopic (exact) mass is 228 g/mol. The lowest BCUT2D eigenvalue weighted by atomic mass is 9.75.